The standard InChI is InChI=1S/C30H59NO6S/c1-4-7-9-11-13-15-17-19-21-23-25-31-28(27-29(32)37-38(34,35)6-3)30(33)36-26-24-22-20-18-16-14-12-10-8-5-2/h28,31H,4-27H2,1-3H3/t28-/m0/s1. The van der Waals surface area contributed by atoms with E-state index in [1.807, 2.05) is 0 Å². The summed E-state index contributed by atoms with van der Waals surface area (Å²) in [5.41, 5.74) is 0. The summed E-state index contributed by atoms with van der Waals surface area (Å²) in [4.78, 5) is 24.8. The Morgan fingerprint density at radius 1 is 0.632 bits per heavy atom. The Labute approximate surface area is 234 Å². The van der Waals surface area contributed by atoms with Crippen molar-refractivity contribution in [2.45, 2.75) is 162 Å². The third-order valence-electron chi connectivity index (χ3n) is 6.89. The minimum absolute atomic E-state index is 0.293. The monoisotopic (exact) mass is 561 g/mol. The van der Waals surface area contributed by atoms with E-state index in [0.29, 0.717) is 13.2 Å². The number of hydrogen-bond acceptors (Lipinski definition) is 7. The van der Waals surface area contributed by atoms with Crippen LogP contribution in [0.3, 0.4) is 0 Å². The first-order valence-electron chi connectivity index (χ1n) is 15.7. The Kier molecular flexibility index (Phi) is 25.3. The molecule has 0 rings (SSSR count). The van der Waals surface area contributed by atoms with Crippen molar-refractivity contribution in [2.24, 2.45) is 0 Å². The molecular weight excluding hydrogens is 502 g/mol. The van der Waals surface area contributed by atoms with E-state index in [-0.39, 0.29) is 12.2 Å². The lowest BCUT2D eigenvalue weighted by atomic mass is 10.1. The number of ether oxygens (including phenoxy) is 1. The molecule has 226 valence electrons. The van der Waals surface area contributed by atoms with Gasteiger partial charge in [0.05, 0.1) is 18.8 Å². The molecule has 0 aromatic rings. The minimum atomic E-state index is -3.90. The van der Waals surface area contributed by atoms with Gasteiger partial charge in [-0.1, -0.05) is 129 Å². The molecule has 8 heteroatoms. The second kappa shape index (κ2) is 26.1. The maximum Gasteiger partial charge on any atom is 0.324 e. The highest BCUT2D eigenvalue weighted by Crippen LogP contribution is 2.12. The van der Waals surface area contributed by atoms with Crippen LogP contribution in [0.25, 0.3) is 0 Å². The summed E-state index contributed by atoms with van der Waals surface area (Å²) >= 11 is 0. The van der Waals surface area contributed by atoms with E-state index >= 15 is 0 Å². The molecule has 0 fully saturated rings. The van der Waals surface area contributed by atoms with Gasteiger partial charge >= 0.3 is 22.1 Å². The lowest BCUT2D eigenvalue weighted by molar-refractivity contribution is -0.149. The van der Waals surface area contributed by atoms with E-state index in [1.165, 1.54) is 96.8 Å². The molecule has 0 unspecified atom stereocenters. The molecule has 0 saturated heterocycles. The van der Waals surface area contributed by atoms with Crippen LogP contribution >= 0.6 is 0 Å². The van der Waals surface area contributed by atoms with Crippen LogP contribution in [0.5, 0.6) is 0 Å². The van der Waals surface area contributed by atoms with Crippen LogP contribution in [0.2, 0.25) is 0 Å². The second-order valence-corrected chi connectivity index (χ2v) is 12.4. The Hall–Kier alpha value is -1.15. The summed E-state index contributed by atoms with van der Waals surface area (Å²) in [6.07, 6.45) is 23.7. The summed E-state index contributed by atoms with van der Waals surface area (Å²) in [6.45, 7) is 6.75. The molecule has 0 aromatic carbocycles. The largest absolute Gasteiger partial charge is 0.465 e. The molecule has 0 bridgehead atoms. The van der Waals surface area contributed by atoms with E-state index < -0.39 is 28.1 Å². The summed E-state index contributed by atoms with van der Waals surface area (Å²) in [7, 11) is -3.90. The van der Waals surface area contributed by atoms with Crippen molar-refractivity contribution in [1.29, 1.82) is 0 Å². The van der Waals surface area contributed by atoms with Crippen LogP contribution in [0, 0.1) is 0 Å². The van der Waals surface area contributed by atoms with Crippen LogP contribution in [0.15, 0.2) is 0 Å². The minimum Gasteiger partial charge on any atom is -0.465 e. The quantitative estimate of drug-likeness (QED) is 0.0596. The van der Waals surface area contributed by atoms with Crippen molar-refractivity contribution in [3.05, 3.63) is 0 Å². The molecular formula is C30H59NO6S. The Balaban J connectivity index is 4.24. The number of nitrogens with one attached hydrogen (secondary N) is 1. The fourth-order valence-electron chi connectivity index (χ4n) is 4.39. The first-order chi connectivity index (χ1) is 18.4. The molecule has 0 heterocycles. The zero-order valence-corrected chi connectivity index (χ0v) is 25.7. The third kappa shape index (κ3) is 23.9. The van der Waals surface area contributed by atoms with E-state index in [2.05, 4.69) is 23.3 Å². The number of hydrogen-bond donors (Lipinski definition) is 1. The predicted octanol–water partition coefficient (Wildman–Crippen LogP) is 7.61. The molecule has 38 heavy (non-hydrogen) atoms. The average molecular weight is 562 g/mol. The van der Waals surface area contributed by atoms with Crippen LogP contribution < -0.4 is 5.32 Å². The Bertz CT molecular complexity index is 668. The van der Waals surface area contributed by atoms with Gasteiger partial charge in [-0.2, -0.15) is 8.42 Å². The summed E-state index contributed by atoms with van der Waals surface area (Å²) in [5.74, 6) is -1.74. The van der Waals surface area contributed by atoms with Crippen LogP contribution in [0.4, 0.5) is 0 Å². The van der Waals surface area contributed by atoms with Gasteiger partial charge in [-0.15, -0.1) is 0 Å². The van der Waals surface area contributed by atoms with Crippen LogP contribution in [0.1, 0.15) is 156 Å². The maximum absolute atomic E-state index is 12.6. The van der Waals surface area contributed by atoms with Crippen LogP contribution in [-0.4, -0.2) is 45.3 Å². The van der Waals surface area contributed by atoms with Crippen molar-refractivity contribution < 1.29 is 26.9 Å². The van der Waals surface area contributed by atoms with Gasteiger partial charge in [0.2, 0.25) is 0 Å². The van der Waals surface area contributed by atoms with Crippen molar-refractivity contribution in [2.75, 3.05) is 18.9 Å². The van der Waals surface area contributed by atoms with E-state index in [0.717, 1.165) is 38.5 Å². The van der Waals surface area contributed by atoms with Gasteiger partial charge in [0.25, 0.3) is 0 Å². The molecule has 0 spiro atoms. The number of esters is 1. The first kappa shape index (κ1) is 36.8. The van der Waals surface area contributed by atoms with Gasteiger partial charge in [-0.3, -0.25) is 9.59 Å². The van der Waals surface area contributed by atoms with Gasteiger partial charge in [0.1, 0.15) is 6.04 Å². The van der Waals surface area contributed by atoms with E-state index in [9.17, 15) is 18.0 Å². The fourth-order valence-corrected chi connectivity index (χ4v) is 4.86. The average Bonchev–Trinajstić information content (AvgIpc) is 2.89. The topological polar surface area (TPSA) is 98.8 Å². The summed E-state index contributed by atoms with van der Waals surface area (Å²) in [6, 6.07) is -0.892. The molecule has 0 aliphatic carbocycles. The number of rotatable bonds is 28. The molecule has 0 aromatic heterocycles. The third-order valence-corrected chi connectivity index (χ3v) is 8.04. The molecule has 0 aliphatic rings. The molecule has 0 amide bonds. The Morgan fingerprint density at radius 3 is 1.50 bits per heavy atom. The number of unbranched alkanes of at least 4 members (excludes halogenated alkanes) is 18. The van der Waals surface area contributed by atoms with Gasteiger partial charge in [0.15, 0.2) is 0 Å². The first-order valence-corrected chi connectivity index (χ1v) is 17.3. The van der Waals surface area contributed by atoms with Crippen LogP contribution in [-0.2, 0) is 28.6 Å². The van der Waals surface area contributed by atoms with Gasteiger partial charge in [0, 0.05) is 0 Å². The molecule has 7 nitrogen and oxygen atoms in total. The lowest BCUT2D eigenvalue weighted by Crippen LogP contribution is -2.41. The highest BCUT2D eigenvalue weighted by atomic mass is 32.2. The van der Waals surface area contributed by atoms with Gasteiger partial charge in [-0.25, -0.2) is 0 Å². The van der Waals surface area contributed by atoms with Crippen molar-refractivity contribution in [1.82, 2.24) is 5.32 Å². The summed E-state index contributed by atoms with van der Waals surface area (Å²) < 4.78 is 33.2. The molecule has 1 N–H and O–H groups in total. The highest BCUT2D eigenvalue weighted by molar-refractivity contribution is 7.87. The maximum atomic E-state index is 12.6. The van der Waals surface area contributed by atoms with Crippen molar-refractivity contribution in [3.8, 4) is 0 Å². The van der Waals surface area contributed by atoms with Gasteiger partial charge in [-0.05, 0) is 26.3 Å². The molecule has 1 atom stereocenters. The number of carbonyl (C=O) groups excluding carboxylic acids is 2. The van der Waals surface area contributed by atoms with E-state index in [4.69, 9.17) is 4.74 Å². The van der Waals surface area contributed by atoms with Gasteiger partial charge < -0.3 is 14.2 Å². The van der Waals surface area contributed by atoms with E-state index in [1.54, 1.807) is 0 Å². The van der Waals surface area contributed by atoms with Crippen molar-refractivity contribution in [3.63, 3.8) is 0 Å². The molecule has 0 radical (unpaired) electrons. The lowest BCUT2D eigenvalue weighted by Gasteiger charge is -2.17. The molecule has 0 saturated carbocycles. The zero-order valence-electron chi connectivity index (χ0n) is 24.9. The zero-order chi connectivity index (χ0) is 28.3. The SMILES string of the molecule is CCCCCCCCCCCCN[C@@H](CC(=O)OS(=O)(=O)CC)C(=O)OCCCCCCCCCCCC. The predicted molar refractivity (Wildman–Crippen MR) is 157 cm³/mol. The molecule has 0 aliphatic heterocycles. The fraction of sp³-hybridized carbons (Fsp3) is 0.933. The normalized spacial score (nSPS) is 12.4. The van der Waals surface area contributed by atoms with Crippen molar-refractivity contribution >= 4 is 22.1 Å². The highest BCUT2D eigenvalue weighted by Gasteiger charge is 2.26. The summed E-state index contributed by atoms with van der Waals surface area (Å²) in [5, 5.41) is 3.10. The smallest absolute Gasteiger partial charge is 0.324 e. The Morgan fingerprint density at radius 2 is 1.05 bits per heavy atom. The number of carbonyl (C=O) groups is 2. The second-order valence-electron chi connectivity index (χ2n) is 10.5.